The van der Waals surface area contributed by atoms with Crippen molar-refractivity contribution >= 4 is 11.0 Å². The lowest BCUT2D eigenvalue weighted by Crippen LogP contribution is -2.31. The minimum Gasteiger partial charge on any atom is -0.493 e. The van der Waals surface area contributed by atoms with E-state index in [1.54, 1.807) is 7.11 Å². The molecule has 1 aliphatic rings. The molecule has 0 aliphatic carbocycles. The van der Waals surface area contributed by atoms with Gasteiger partial charge in [0.25, 0.3) is 0 Å². The molecule has 4 rings (SSSR count). The maximum absolute atomic E-state index is 6.32. The average Bonchev–Trinajstić information content (AvgIpc) is 3.07. The summed E-state index contributed by atoms with van der Waals surface area (Å²) < 4.78 is 23.8. The zero-order valence-electron chi connectivity index (χ0n) is 18.7. The van der Waals surface area contributed by atoms with E-state index in [0.717, 1.165) is 53.2 Å². The predicted molar refractivity (Wildman–Crippen MR) is 120 cm³/mol. The molecule has 0 bridgehead atoms. The summed E-state index contributed by atoms with van der Waals surface area (Å²) in [6, 6.07) is 12.6. The first kappa shape index (κ1) is 20.6. The first-order chi connectivity index (χ1) is 14.4. The lowest BCUT2D eigenvalue weighted by atomic mass is 9.94. The van der Waals surface area contributed by atoms with Gasteiger partial charge in [0.05, 0.1) is 7.11 Å². The Balaban J connectivity index is 1.43. The second-order valence-electron chi connectivity index (χ2n) is 9.01. The van der Waals surface area contributed by atoms with Gasteiger partial charge < -0.3 is 18.6 Å². The molecule has 2 heterocycles. The summed E-state index contributed by atoms with van der Waals surface area (Å²) in [4.78, 5) is 0. The van der Waals surface area contributed by atoms with Gasteiger partial charge in [0, 0.05) is 5.39 Å². The zero-order valence-corrected chi connectivity index (χ0v) is 18.7. The van der Waals surface area contributed by atoms with Crippen molar-refractivity contribution in [2.24, 2.45) is 11.8 Å². The van der Waals surface area contributed by atoms with Gasteiger partial charge in [-0.1, -0.05) is 32.9 Å². The Hall–Kier alpha value is -2.62. The third kappa shape index (κ3) is 4.43. The molecule has 0 fully saturated rings. The van der Waals surface area contributed by atoms with Crippen LogP contribution < -0.4 is 14.2 Å². The summed E-state index contributed by atoms with van der Waals surface area (Å²) in [6.45, 7) is 9.29. The molecular weight excluding hydrogens is 376 g/mol. The van der Waals surface area contributed by atoms with Crippen molar-refractivity contribution in [2.45, 2.75) is 53.1 Å². The maximum Gasteiger partial charge on any atom is 0.176 e. The van der Waals surface area contributed by atoms with Crippen molar-refractivity contribution in [3.05, 3.63) is 53.3 Å². The Morgan fingerprint density at radius 1 is 1.10 bits per heavy atom. The van der Waals surface area contributed by atoms with Crippen molar-refractivity contribution in [3.8, 4) is 17.2 Å². The van der Waals surface area contributed by atoms with E-state index in [2.05, 4.69) is 51.1 Å². The molecule has 2 atom stereocenters. The number of hydrogen-bond donors (Lipinski definition) is 0. The number of methoxy groups -OCH3 is 1. The third-order valence-corrected chi connectivity index (χ3v) is 5.63. The summed E-state index contributed by atoms with van der Waals surface area (Å²) in [6.07, 6.45) is 2.98. The van der Waals surface area contributed by atoms with Crippen LogP contribution in [0.5, 0.6) is 17.2 Å². The molecule has 2 aromatic carbocycles. The largest absolute Gasteiger partial charge is 0.493 e. The van der Waals surface area contributed by atoms with Gasteiger partial charge in [-0.15, -0.1) is 0 Å². The summed E-state index contributed by atoms with van der Waals surface area (Å²) >= 11 is 0. The van der Waals surface area contributed by atoms with Gasteiger partial charge in [-0.3, -0.25) is 0 Å². The molecule has 0 N–H and O–H groups in total. The molecule has 3 aromatic rings. The van der Waals surface area contributed by atoms with Crippen LogP contribution in [0.15, 0.2) is 40.8 Å². The van der Waals surface area contributed by atoms with E-state index in [1.807, 2.05) is 13.0 Å². The lowest BCUT2D eigenvalue weighted by molar-refractivity contribution is 0.0730. The molecule has 1 aromatic heterocycles. The molecule has 160 valence electrons. The quantitative estimate of drug-likeness (QED) is 0.456. The highest BCUT2D eigenvalue weighted by Crippen LogP contribution is 2.38. The molecule has 4 heteroatoms. The molecule has 0 amide bonds. The molecule has 4 nitrogen and oxygen atoms in total. The van der Waals surface area contributed by atoms with Crippen LogP contribution in [0, 0.1) is 18.8 Å². The van der Waals surface area contributed by atoms with Gasteiger partial charge in [-0.25, -0.2) is 0 Å². The van der Waals surface area contributed by atoms with Crippen molar-refractivity contribution < 1.29 is 18.6 Å². The normalized spacial score (nSPS) is 16.8. The predicted octanol–water partition coefficient (Wildman–Crippen LogP) is 6.36. The lowest BCUT2D eigenvalue weighted by Gasteiger charge is -2.30. The van der Waals surface area contributed by atoms with E-state index in [0.29, 0.717) is 18.4 Å². The van der Waals surface area contributed by atoms with Crippen LogP contribution in [0.25, 0.3) is 11.0 Å². The topological polar surface area (TPSA) is 40.8 Å². The van der Waals surface area contributed by atoms with E-state index in [1.165, 1.54) is 11.1 Å². The number of hydrogen-bond acceptors (Lipinski definition) is 4. The first-order valence-electron chi connectivity index (χ1n) is 10.9. The number of benzene rings is 2. The Morgan fingerprint density at radius 2 is 1.93 bits per heavy atom. The van der Waals surface area contributed by atoms with Crippen molar-refractivity contribution in [2.75, 3.05) is 13.7 Å². The number of furan rings is 1. The van der Waals surface area contributed by atoms with Gasteiger partial charge >= 0.3 is 0 Å². The third-order valence-electron chi connectivity index (χ3n) is 5.63. The second kappa shape index (κ2) is 8.63. The summed E-state index contributed by atoms with van der Waals surface area (Å²) in [5, 5.41) is 1.10. The summed E-state index contributed by atoms with van der Waals surface area (Å²) in [7, 11) is 1.69. The Bertz CT molecular complexity index is 1020. The highest BCUT2D eigenvalue weighted by Gasteiger charge is 2.25. The van der Waals surface area contributed by atoms with Crippen LogP contribution in [0.1, 0.15) is 44.1 Å². The van der Waals surface area contributed by atoms with Crippen molar-refractivity contribution in [1.82, 2.24) is 0 Å². The fourth-order valence-corrected chi connectivity index (χ4v) is 4.44. The van der Waals surface area contributed by atoms with Crippen LogP contribution in [0.3, 0.4) is 0 Å². The SMILES string of the molecule is COc1cc(CC(C)CC2COc3c(CC(C)C)cccc3O2)cc2cc(C)oc12. The fourth-order valence-electron chi connectivity index (χ4n) is 4.44. The van der Waals surface area contributed by atoms with Gasteiger partial charge in [-0.05, 0) is 73.4 Å². The average molecular weight is 409 g/mol. The van der Waals surface area contributed by atoms with Gasteiger partial charge in [-0.2, -0.15) is 0 Å². The number of rotatable bonds is 7. The molecular formula is C26H32O4. The van der Waals surface area contributed by atoms with Crippen LogP contribution in [0.2, 0.25) is 0 Å². The first-order valence-corrected chi connectivity index (χ1v) is 10.9. The van der Waals surface area contributed by atoms with E-state index in [4.69, 9.17) is 18.6 Å². The van der Waals surface area contributed by atoms with Crippen LogP contribution in [0.4, 0.5) is 0 Å². The molecule has 1 aliphatic heterocycles. The van der Waals surface area contributed by atoms with E-state index < -0.39 is 0 Å². The molecule has 2 unspecified atom stereocenters. The zero-order chi connectivity index (χ0) is 21.3. The second-order valence-corrected chi connectivity index (χ2v) is 9.01. The molecule has 30 heavy (non-hydrogen) atoms. The number of para-hydroxylation sites is 1. The van der Waals surface area contributed by atoms with Crippen LogP contribution >= 0.6 is 0 Å². The highest BCUT2D eigenvalue weighted by atomic mass is 16.6. The van der Waals surface area contributed by atoms with Gasteiger partial charge in [0.1, 0.15) is 18.5 Å². The molecule has 0 spiro atoms. The minimum atomic E-state index is 0.0728. The van der Waals surface area contributed by atoms with E-state index in [-0.39, 0.29) is 6.10 Å². The Labute approximate surface area is 179 Å². The van der Waals surface area contributed by atoms with Crippen molar-refractivity contribution in [3.63, 3.8) is 0 Å². The van der Waals surface area contributed by atoms with Crippen LogP contribution in [-0.2, 0) is 12.8 Å². The molecule has 0 saturated heterocycles. The summed E-state index contributed by atoms with van der Waals surface area (Å²) in [5.74, 6) is 4.55. The molecule has 0 saturated carbocycles. The van der Waals surface area contributed by atoms with E-state index >= 15 is 0 Å². The monoisotopic (exact) mass is 408 g/mol. The Morgan fingerprint density at radius 3 is 2.70 bits per heavy atom. The highest BCUT2D eigenvalue weighted by molar-refractivity contribution is 5.84. The van der Waals surface area contributed by atoms with Crippen molar-refractivity contribution in [1.29, 1.82) is 0 Å². The standard InChI is InChI=1S/C26H32O4/c1-16(2)9-20-7-6-8-23-25(20)28-15-22(30-23)11-17(3)10-19-13-21-12-18(4)29-26(21)24(14-19)27-5/h6-8,12-14,16-17,22H,9-11,15H2,1-5H3. The smallest absolute Gasteiger partial charge is 0.176 e. The number of aryl methyl sites for hydroxylation is 1. The van der Waals surface area contributed by atoms with Gasteiger partial charge in [0.2, 0.25) is 0 Å². The fraction of sp³-hybridized carbons (Fsp3) is 0.462. The summed E-state index contributed by atoms with van der Waals surface area (Å²) in [5.41, 5.74) is 3.32. The van der Waals surface area contributed by atoms with E-state index in [9.17, 15) is 0 Å². The molecule has 0 radical (unpaired) electrons. The van der Waals surface area contributed by atoms with Gasteiger partial charge in [0.15, 0.2) is 22.8 Å². The Kier molecular flexibility index (Phi) is 5.94. The minimum absolute atomic E-state index is 0.0728. The number of fused-ring (bicyclic) bond motifs is 2. The van der Waals surface area contributed by atoms with Crippen LogP contribution in [-0.4, -0.2) is 19.8 Å². The maximum atomic E-state index is 6.32. The number of ether oxygens (including phenoxy) is 3.